The van der Waals surface area contributed by atoms with Crippen molar-refractivity contribution in [2.24, 2.45) is 0 Å². The van der Waals surface area contributed by atoms with Crippen LogP contribution < -0.4 is 0 Å². The first-order chi connectivity index (χ1) is 5.63. The van der Waals surface area contributed by atoms with E-state index < -0.39 is 0 Å². The van der Waals surface area contributed by atoms with Crippen molar-refractivity contribution >= 4 is 11.3 Å². The molecule has 0 atom stereocenters. The van der Waals surface area contributed by atoms with Gasteiger partial charge < -0.3 is 0 Å². The maximum atomic E-state index is 4.68. The Morgan fingerprint density at radius 3 is 2.83 bits per heavy atom. The largest absolute Gasteiger partial charge is 0.245 e. The van der Waals surface area contributed by atoms with Gasteiger partial charge in [-0.05, 0) is 19.3 Å². The van der Waals surface area contributed by atoms with Crippen molar-refractivity contribution in [3.05, 3.63) is 15.6 Å². The van der Waals surface area contributed by atoms with Crippen LogP contribution in [0.15, 0.2) is 0 Å². The molecule has 1 aliphatic carbocycles. The fourth-order valence-electron chi connectivity index (χ4n) is 1.79. The lowest BCUT2D eigenvalue weighted by Gasteiger charge is -2.15. The Balaban J connectivity index is 2.44. The van der Waals surface area contributed by atoms with Crippen LogP contribution in [-0.4, -0.2) is 4.98 Å². The Labute approximate surface area is 77.8 Å². The van der Waals surface area contributed by atoms with E-state index in [-0.39, 0.29) is 0 Å². The van der Waals surface area contributed by atoms with Crippen LogP contribution >= 0.6 is 11.3 Å². The molecular weight excluding hydrogens is 166 g/mol. The molecule has 0 bridgehead atoms. The van der Waals surface area contributed by atoms with Crippen molar-refractivity contribution in [3.8, 4) is 0 Å². The van der Waals surface area contributed by atoms with Crippen LogP contribution in [0, 0.1) is 0 Å². The van der Waals surface area contributed by atoms with Gasteiger partial charge in [-0.1, -0.05) is 20.8 Å². The van der Waals surface area contributed by atoms with Gasteiger partial charge in [-0.25, -0.2) is 4.98 Å². The van der Waals surface area contributed by atoms with Crippen molar-refractivity contribution in [2.75, 3.05) is 0 Å². The fraction of sp³-hybridized carbons (Fsp3) is 0.700. The molecule has 1 aromatic rings. The Bertz CT molecular complexity index is 299. The Kier molecular flexibility index (Phi) is 1.76. The average Bonchev–Trinajstić information content (AvgIpc) is 2.53. The lowest BCUT2D eigenvalue weighted by atomic mass is 9.91. The normalized spacial score (nSPS) is 19.6. The van der Waals surface area contributed by atoms with E-state index in [1.807, 2.05) is 11.3 Å². The molecule has 1 aliphatic rings. The molecule has 1 nitrogen and oxygen atoms in total. The molecule has 0 saturated carbocycles. The number of aromatic nitrogens is 1. The first-order valence-corrected chi connectivity index (χ1v) is 5.44. The smallest absolute Gasteiger partial charge is 0.0928 e. The van der Waals surface area contributed by atoms with E-state index in [4.69, 9.17) is 0 Å². The summed E-state index contributed by atoms with van der Waals surface area (Å²) in [4.78, 5) is 6.22. The first kappa shape index (κ1) is 8.24. The van der Waals surface area contributed by atoms with Gasteiger partial charge in [0, 0.05) is 10.3 Å². The quantitative estimate of drug-likeness (QED) is 0.649. The minimum Gasteiger partial charge on any atom is -0.245 e. The van der Waals surface area contributed by atoms with Gasteiger partial charge in [0.05, 0.1) is 10.7 Å². The highest BCUT2D eigenvalue weighted by atomic mass is 32.1. The summed E-state index contributed by atoms with van der Waals surface area (Å²) in [6.07, 6.45) is 3.62. The average molecular weight is 181 g/mol. The van der Waals surface area contributed by atoms with E-state index in [1.54, 1.807) is 0 Å². The van der Waals surface area contributed by atoms with Gasteiger partial charge in [0.2, 0.25) is 0 Å². The molecule has 2 heteroatoms. The summed E-state index contributed by atoms with van der Waals surface area (Å²) in [5, 5.41) is 1.31. The molecule has 2 rings (SSSR count). The summed E-state index contributed by atoms with van der Waals surface area (Å²) < 4.78 is 0. The van der Waals surface area contributed by atoms with Crippen molar-refractivity contribution in [3.63, 3.8) is 0 Å². The Hall–Kier alpha value is -0.370. The Morgan fingerprint density at radius 2 is 2.25 bits per heavy atom. The summed E-state index contributed by atoms with van der Waals surface area (Å²) in [7, 11) is 0. The van der Waals surface area contributed by atoms with Gasteiger partial charge in [-0.15, -0.1) is 11.3 Å². The predicted octanol–water partition coefficient (Wildman–Crippen LogP) is 2.93. The topological polar surface area (TPSA) is 12.9 Å². The van der Waals surface area contributed by atoms with Crippen molar-refractivity contribution < 1.29 is 0 Å². The molecule has 0 unspecified atom stereocenters. The number of nitrogens with zero attached hydrogens (tertiary/aromatic N) is 1. The summed E-state index contributed by atoms with van der Waals surface area (Å²) in [5.41, 5.74) is 1.73. The molecule has 0 fully saturated rings. The van der Waals surface area contributed by atoms with Gasteiger partial charge in [0.1, 0.15) is 0 Å². The first-order valence-electron chi connectivity index (χ1n) is 4.62. The lowest BCUT2D eigenvalue weighted by Crippen LogP contribution is -2.12. The fourth-order valence-corrected chi connectivity index (χ4v) is 2.98. The monoisotopic (exact) mass is 181 g/mol. The highest BCUT2D eigenvalue weighted by Gasteiger charge is 2.33. The zero-order valence-corrected chi connectivity index (χ0v) is 8.79. The second-order valence-electron chi connectivity index (χ2n) is 4.12. The predicted molar refractivity (Wildman–Crippen MR) is 52.8 cm³/mol. The van der Waals surface area contributed by atoms with Gasteiger partial charge in [-0.2, -0.15) is 0 Å². The summed E-state index contributed by atoms with van der Waals surface area (Å²) in [6, 6.07) is 0. The third kappa shape index (κ3) is 1.09. The van der Waals surface area contributed by atoms with Crippen molar-refractivity contribution in [2.45, 2.75) is 45.4 Å². The molecule has 0 N–H and O–H groups in total. The molecule has 0 aliphatic heterocycles. The van der Waals surface area contributed by atoms with Crippen LogP contribution in [0.25, 0.3) is 0 Å². The second kappa shape index (κ2) is 2.56. The summed E-state index contributed by atoms with van der Waals surface area (Å²) >= 11 is 1.91. The van der Waals surface area contributed by atoms with Gasteiger partial charge >= 0.3 is 0 Å². The van der Waals surface area contributed by atoms with Crippen molar-refractivity contribution in [1.29, 1.82) is 0 Å². The van der Waals surface area contributed by atoms with Crippen LogP contribution in [0.4, 0.5) is 0 Å². The van der Waals surface area contributed by atoms with Crippen LogP contribution in [0.3, 0.4) is 0 Å². The maximum absolute atomic E-state index is 4.68. The SMILES string of the molecule is CCc1nc2c(s1)CCC2(C)C. The van der Waals surface area contributed by atoms with E-state index >= 15 is 0 Å². The standard InChI is InChI=1S/C10H15NS/c1-4-8-11-9-7(12-8)5-6-10(9,2)3/h4-6H2,1-3H3. The third-order valence-corrected chi connectivity index (χ3v) is 3.92. The van der Waals surface area contributed by atoms with Crippen LogP contribution in [0.1, 0.15) is 42.8 Å². The zero-order valence-electron chi connectivity index (χ0n) is 7.98. The summed E-state index contributed by atoms with van der Waals surface area (Å²) in [6.45, 7) is 6.79. The van der Waals surface area contributed by atoms with Gasteiger partial charge in [0.25, 0.3) is 0 Å². The zero-order chi connectivity index (χ0) is 8.77. The Morgan fingerprint density at radius 1 is 1.50 bits per heavy atom. The number of hydrogen-bond donors (Lipinski definition) is 0. The molecular formula is C10H15NS. The molecule has 1 heterocycles. The molecule has 66 valence electrons. The molecule has 0 amide bonds. The van der Waals surface area contributed by atoms with E-state index in [9.17, 15) is 0 Å². The molecule has 0 saturated heterocycles. The molecule has 12 heavy (non-hydrogen) atoms. The summed E-state index contributed by atoms with van der Waals surface area (Å²) in [5.74, 6) is 0. The molecule has 0 aromatic carbocycles. The number of hydrogen-bond acceptors (Lipinski definition) is 2. The van der Waals surface area contributed by atoms with E-state index in [0.717, 1.165) is 6.42 Å². The third-order valence-electron chi connectivity index (χ3n) is 2.66. The van der Waals surface area contributed by atoms with Gasteiger partial charge in [0.15, 0.2) is 0 Å². The maximum Gasteiger partial charge on any atom is 0.0928 e. The van der Waals surface area contributed by atoms with Crippen molar-refractivity contribution in [1.82, 2.24) is 4.98 Å². The number of aryl methyl sites for hydroxylation is 2. The number of fused-ring (bicyclic) bond motifs is 1. The molecule has 0 spiro atoms. The van der Waals surface area contributed by atoms with E-state index in [2.05, 4.69) is 25.8 Å². The molecule has 1 aromatic heterocycles. The highest BCUT2D eigenvalue weighted by Crippen LogP contribution is 2.40. The molecule has 0 radical (unpaired) electrons. The van der Waals surface area contributed by atoms with Crippen LogP contribution in [-0.2, 0) is 18.3 Å². The second-order valence-corrected chi connectivity index (χ2v) is 5.28. The minimum absolute atomic E-state index is 0.346. The number of rotatable bonds is 1. The lowest BCUT2D eigenvalue weighted by molar-refractivity contribution is 0.508. The van der Waals surface area contributed by atoms with Crippen LogP contribution in [0.2, 0.25) is 0 Å². The minimum atomic E-state index is 0.346. The van der Waals surface area contributed by atoms with Crippen LogP contribution in [0.5, 0.6) is 0 Å². The van der Waals surface area contributed by atoms with E-state index in [0.29, 0.717) is 5.41 Å². The number of thiazole rings is 1. The van der Waals surface area contributed by atoms with E-state index in [1.165, 1.54) is 28.4 Å². The van der Waals surface area contributed by atoms with Gasteiger partial charge in [-0.3, -0.25) is 0 Å². The highest BCUT2D eigenvalue weighted by molar-refractivity contribution is 7.11.